The highest BCUT2D eigenvalue weighted by atomic mass is 19.4. The van der Waals surface area contributed by atoms with Crippen LogP contribution in [0.3, 0.4) is 0 Å². The van der Waals surface area contributed by atoms with Gasteiger partial charge in [0.25, 0.3) is 0 Å². The van der Waals surface area contributed by atoms with Crippen LogP contribution in [0.4, 0.5) is 13.2 Å². The number of amides is 1. The first-order valence-corrected chi connectivity index (χ1v) is 6.23. The zero-order valence-electron chi connectivity index (χ0n) is 10.7. The normalized spacial score (nSPS) is 32.8. The Morgan fingerprint density at radius 2 is 2.00 bits per heavy atom. The third kappa shape index (κ3) is 1.90. The molecule has 3 nitrogen and oxygen atoms in total. The van der Waals surface area contributed by atoms with E-state index in [0.717, 1.165) is 33.1 Å². The van der Waals surface area contributed by atoms with Crippen LogP contribution in [0, 0.1) is 11.3 Å². The number of hydrogen-bond donors (Lipinski definition) is 1. The second-order valence-electron chi connectivity index (χ2n) is 6.13. The molecule has 2 rings (SSSR count). The van der Waals surface area contributed by atoms with E-state index in [4.69, 9.17) is 5.73 Å². The van der Waals surface area contributed by atoms with Crippen molar-refractivity contribution in [2.45, 2.75) is 44.8 Å². The van der Waals surface area contributed by atoms with E-state index in [1.54, 1.807) is 0 Å². The molecule has 18 heavy (non-hydrogen) atoms. The van der Waals surface area contributed by atoms with Gasteiger partial charge in [-0.15, -0.1) is 0 Å². The van der Waals surface area contributed by atoms with E-state index in [0.29, 0.717) is 6.54 Å². The lowest BCUT2D eigenvalue weighted by molar-refractivity contribution is -0.216. The van der Waals surface area contributed by atoms with Crippen molar-refractivity contribution in [1.29, 1.82) is 0 Å². The van der Waals surface area contributed by atoms with Gasteiger partial charge in [0.05, 0.1) is 0 Å². The largest absolute Gasteiger partial charge is 0.402 e. The van der Waals surface area contributed by atoms with Crippen LogP contribution in [0.15, 0.2) is 0 Å². The minimum atomic E-state index is -4.52. The Bertz CT molecular complexity index is 367. The summed E-state index contributed by atoms with van der Waals surface area (Å²) in [5.74, 6) is -0.695. The fraction of sp³-hybridized carbons (Fsp3) is 0.917. The number of fused-ring (bicyclic) bond motifs is 1. The fourth-order valence-corrected chi connectivity index (χ4v) is 3.01. The Labute approximate surface area is 104 Å². The Kier molecular flexibility index (Phi) is 2.92. The predicted molar refractivity (Wildman–Crippen MR) is 60.7 cm³/mol. The van der Waals surface area contributed by atoms with Crippen LogP contribution in [0.2, 0.25) is 0 Å². The summed E-state index contributed by atoms with van der Waals surface area (Å²) >= 11 is 0. The van der Waals surface area contributed by atoms with E-state index >= 15 is 0 Å². The topological polar surface area (TPSA) is 46.3 Å². The predicted octanol–water partition coefficient (Wildman–Crippen LogP) is 1.91. The van der Waals surface area contributed by atoms with Crippen molar-refractivity contribution in [3.8, 4) is 0 Å². The van der Waals surface area contributed by atoms with E-state index < -0.39 is 23.0 Å². The zero-order chi connectivity index (χ0) is 13.8. The molecule has 1 aliphatic heterocycles. The van der Waals surface area contributed by atoms with Crippen molar-refractivity contribution in [2.24, 2.45) is 17.1 Å². The molecule has 0 radical (unpaired) electrons. The van der Waals surface area contributed by atoms with Gasteiger partial charge in [0.1, 0.15) is 5.41 Å². The monoisotopic (exact) mass is 264 g/mol. The number of nitrogens with two attached hydrogens (primary N) is 1. The minimum absolute atomic E-state index is 0.158. The van der Waals surface area contributed by atoms with E-state index in [1.807, 2.05) is 0 Å². The Hall–Kier alpha value is -0.780. The van der Waals surface area contributed by atoms with E-state index in [9.17, 15) is 18.0 Å². The van der Waals surface area contributed by atoms with Gasteiger partial charge >= 0.3 is 6.18 Å². The van der Waals surface area contributed by atoms with Gasteiger partial charge in [0.15, 0.2) is 0 Å². The molecule has 1 saturated carbocycles. The molecule has 2 N–H and O–H groups in total. The third-order valence-corrected chi connectivity index (χ3v) is 4.46. The molecule has 0 aromatic rings. The highest BCUT2D eigenvalue weighted by Gasteiger charge is 2.57. The lowest BCUT2D eigenvalue weighted by atomic mass is 9.90. The van der Waals surface area contributed by atoms with Crippen molar-refractivity contribution >= 4 is 5.91 Å². The first kappa shape index (κ1) is 13.6. The van der Waals surface area contributed by atoms with Crippen molar-refractivity contribution in [3.05, 3.63) is 0 Å². The molecule has 0 aromatic carbocycles. The molecule has 1 amide bonds. The van der Waals surface area contributed by atoms with Crippen LogP contribution in [-0.2, 0) is 4.79 Å². The summed E-state index contributed by atoms with van der Waals surface area (Å²) in [6.45, 7) is 2.50. The van der Waals surface area contributed by atoms with Crippen LogP contribution in [0.25, 0.3) is 0 Å². The summed E-state index contributed by atoms with van der Waals surface area (Å²) in [4.78, 5) is 13.3. The highest BCUT2D eigenvalue weighted by molar-refractivity contribution is 5.83. The molecule has 0 bridgehead atoms. The van der Waals surface area contributed by atoms with Crippen molar-refractivity contribution in [1.82, 2.24) is 4.90 Å². The molecule has 1 saturated heterocycles. The minimum Gasteiger partial charge on any atom is -0.340 e. The molecule has 0 aromatic heterocycles. The van der Waals surface area contributed by atoms with Gasteiger partial charge in [-0.2, -0.15) is 13.2 Å². The number of carbonyl (C=O) groups is 1. The molecule has 6 heteroatoms. The van der Waals surface area contributed by atoms with E-state index in [1.165, 1.54) is 4.90 Å². The van der Waals surface area contributed by atoms with Crippen LogP contribution < -0.4 is 5.73 Å². The molecule has 0 spiro atoms. The summed E-state index contributed by atoms with van der Waals surface area (Å²) in [7, 11) is 0. The lowest BCUT2D eigenvalue weighted by Gasteiger charge is -2.32. The molecular formula is C12H19F3N2O. The number of hydrogen-bond acceptors (Lipinski definition) is 2. The summed E-state index contributed by atoms with van der Waals surface area (Å²) < 4.78 is 38.5. The first-order chi connectivity index (χ1) is 8.08. The summed E-state index contributed by atoms with van der Waals surface area (Å²) in [6, 6.07) is 0. The maximum Gasteiger partial charge on any atom is 0.402 e. The molecule has 2 unspecified atom stereocenters. The van der Waals surface area contributed by atoms with Gasteiger partial charge in [-0.05, 0) is 32.6 Å². The van der Waals surface area contributed by atoms with Crippen molar-refractivity contribution < 1.29 is 18.0 Å². The maximum atomic E-state index is 12.8. The summed E-state index contributed by atoms with van der Waals surface area (Å²) in [6.07, 6.45) is -1.81. The molecule has 2 atom stereocenters. The maximum absolute atomic E-state index is 12.8. The SMILES string of the molecule is CC(C)(C(=O)N1CC2CCCC2(N)C1)C(F)(F)F. The van der Waals surface area contributed by atoms with E-state index in [-0.39, 0.29) is 12.5 Å². The first-order valence-electron chi connectivity index (χ1n) is 6.23. The highest BCUT2D eigenvalue weighted by Crippen LogP contribution is 2.44. The number of likely N-dealkylation sites (tertiary alicyclic amines) is 1. The fourth-order valence-electron chi connectivity index (χ4n) is 3.01. The molecule has 104 valence electrons. The van der Waals surface area contributed by atoms with Crippen molar-refractivity contribution in [3.63, 3.8) is 0 Å². The number of alkyl halides is 3. The number of halogens is 3. The Morgan fingerprint density at radius 1 is 1.39 bits per heavy atom. The standard InChI is InChI=1S/C12H19F3N2O/c1-10(2,12(13,14)15)9(18)17-6-8-4-3-5-11(8,16)7-17/h8H,3-7,16H2,1-2H3. The van der Waals surface area contributed by atoms with Gasteiger partial charge in [0.2, 0.25) is 5.91 Å². The van der Waals surface area contributed by atoms with Gasteiger partial charge in [-0.25, -0.2) is 0 Å². The van der Waals surface area contributed by atoms with Crippen LogP contribution in [-0.4, -0.2) is 35.6 Å². The smallest absolute Gasteiger partial charge is 0.340 e. The Morgan fingerprint density at radius 3 is 2.50 bits per heavy atom. The molecule has 2 aliphatic rings. The van der Waals surface area contributed by atoms with Crippen LogP contribution in [0.5, 0.6) is 0 Å². The molecule has 2 fully saturated rings. The lowest BCUT2D eigenvalue weighted by Crippen LogP contribution is -2.50. The Balaban J connectivity index is 2.13. The number of carbonyl (C=O) groups excluding carboxylic acids is 1. The van der Waals surface area contributed by atoms with Crippen molar-refractivity contribution in [2.75, 3.05) is 13.1 Å². The third-order valence-electron chi connectivity index (χ3n) is 4.46. The quantitative estimate of drug-likeness (QED) is 0.786. The van der Waals surface area contributed by atoms with Gasteiger partial charge in [0, 0.05) is 18.6 Å². The zero-order valence-corrected chi connectivity index (χ0v) is 10.7. The van der Waals surface area contributed by atoms with Crippen LogP contribution in [0.1, 0.15) is 33.1 Å². The summed E-state index contributed by atoms with van der Waals surface area (Å²) in [5, 5.41) is 0. The average molecular weight is 264 g/mol. The number of rotatable bonds is 1. The van der Waals surface area contributed by atoms with Gasteiger partial charge in [-0.3, -0.25) is 4.79 Å². The van der Waals surface area contributed by atoms with Gasteiger partial charge < -0.3 is 10.6 Å². The van der Waals surface area contributed by atoms with E-state index in [2.05, 4.69) is 0 Å². The molecule has 1 aliphatic carbocycles. The summed E-state index contributed by atoms with van der Waals surface area (Å²) in [5.41, 5.74) is 3.38. The number of nitrogens with zero attached hydrogens (tertiary/aromatic N) is 1. The van der Waals surface area contributed by atoms with Gasteiger partial charge in [-0.1, -0.05) is 6.42 Å². The molecular weight excluding hydrogens is 245 g/mol. The second-order valence-corrected chi connectivity index (χ2v) is 6.13. The average Bonchev–Trinajstić information content (AvgIpc) is 2.69. The second kappa shape index (κ2) is 3.85. The van der Waals surface area contributed by atoms with Crippen LogP contribution >= 0.6 is 0 Å². The molecule has 1 heterocycles.